The Hall–Kier alpha value is -3.58. The maximum atomic E-state index is 13.7. The van der Waals surface area contributed by atoms with Gasteiger partial charge in [-0.25, -0.2) is 9.79 Å². The maximum Gasteiger partial charge on any atom is 0.338 e. The molecule has 1 aromatic heterocycles. The van der Waals surface area contributed by atoms with Crippen molar-refractivity contribution in [2.45, 2.75) is 71.4 Å². The normalized spacial score (nSPS) is 18.5. The zero-order valence-electron chi connectivity index (χ0n) is 22.7. The zero-order chi connectivity index (χ0) is 27.4. The number of hydrogen-bond donors (Lipinski definition) is 0. The van der Waals surface area contributed by atoms with E-state index < -0.39 is 0 Å². The highest BCUT2D eigenvalue weighted by atomic mass is 32.2. The van der Waals surface area contributed by atoms with Gasteiger partial charge in [0.15, 0.2) is 5.17 Å². The number of rotatable bonds is 7. The van der Waals surface area contributed by atoms with E-state index in [1.807, 2.05) is 49.1 Å². The number of furan rings is 1. The smallest absolute Gasteiger partial charge is 0.338 e. The van der Waals surface area contributed by atoms with Crippen molar-refractivity contribution in [1.29, 1.82) is 0 Å². The third kappa shape index (κ3) is 6.36. The molecule has 0 unspecified atom stereocenters. The molecule has 0 radical (unpaired) electrons. The number of hydrogen-bond acceptors (Lipinski definition) is 6. The maximum absolute atomic E-state index is 13.7. The Morgan fingerprint density at radius 3 is 2.59 bits per heavy atom. The van der Waals surface area contributed by atoms with E-state index in [9.17, 15) is 9.59 Å². The van der Waals surface area contributed by atoms with Crippen molar-refractivity contribution >= 4 is 40.6 Å². The van der Waals surface area contributed by atoms with Gasteiger partial charge in [-0.3, -0.25) is 9.69 Å². The number of aryl methyl sites for hydroxylation is 1. The molecule has 0 bridgehead atoms. The van der Waals surface area contributed by atoms with E-state index in [0.29, 0.717) is 22.0 Å². The van der Waals surface area contributed by atoms with E-state index >= 15 is 0 Å². The van der Waals surface area contributed by atoms with Gasteiger partial charge in [0.25, 0.3) is 5.91 Å². The molecule has 0 atom stereocenters. The fourth-order valence-electron chi connectivity index (χ4n) is 4.94. The number of amides is 1. The standard InChI is InChI=1S/C32H34N2O4S/c1-4-22-13-15-25(16-14-22)33-32-34(26-11-6-5-7-12-26)30(35)29(39-32)20-27-17-18-28(38-27)23-9-8-10-24(19-23)31(36)37-21(2)3/h8-10,13-21,26H,4-7,11-12H2,1-3H3/b29-20+,33-32?. The van der Waals surface area contributed by atoms with Gasteiger partial charge in [-0.2, -0.15) is 0 Å². The zero-order valence-corrected chi connectivity index (χ0v) is 23.5. The number of amidine groups is 1. The molecule has 6 nitrogen and oxygen atoms in total. The molecule has 1 saturated heterocycles. The number of benzene rings is 2. The SMILES string of the molecule is CCc1ccc(N=C2S/C(=C/c3ccc(-c4cccc(C(=O)OC(C)C)c4)o3)C(=O)N2C2CCCCC2)cc1. The minimum absolute atomic E-state index is 0.0211. The van der Waals surface area contributed by atoms with E-state index in [1.54, 1.807) is 24.3 Å². The summed E-state index contributed by atoms with van der Waals surface area (Å²) in [5, 5.41) is 0.727. The monoisotopic (exact) mass is 542 g/mol. The molecular weight excluding hydrogens is 508 g/mol. The second kappa shape index (κ2) is 12.1. The average Bonchev–Trinajstić information content (AvgIpc) is 3.53. The Bertz CT molecular complexity index is 1400. The van der Waals surface area contributed by atoms with Gasteiger partial charge in [0.05, 0.1) is 22.3 Å². The lowest BCUT2D eigenvalue weighted by Crippen LogP contribution is -2.40. The summed E-state index contributed by atoms with van der Waals surface area (Å²) in [6.07, 6.45) is 8.03. The number of thioether (sulfide) groups is 1. The van der Waals surface area contributed by atoms with Gasteiger partial charge in [-0.1, -0.05) is 50.5 Å². The van der Waals surface area contributed by atoms with Crippen molar-refractivity contribution in [3.8, 4) is 11.3 Å². The quantitative estimate of drug-likeness (QED) is 0.223. The van der Waals surface area contributed by atoms with Gasteiger partial charge in [0.1, 0.15) is 11.5 Å². The summed E-state index contributed by atoms with van der Waals surface area (Å²) in [5.41, 5.74) is 3.34. The highest BCUT2D eigenvalue weighted by Gasteiger charge is 2.38. The van der Waals surface area contributed by atoms with E-state index in [2.05, 4.69) is 19.1 Å². The minimum atomic E-state index is -0.368. The molecule has 3 aromatic rings. The van der Waals surface area contributed by atoms with Crippen LogP contribution in [0.15, 0.2) is 75.0 Å². The molecule has 2 aliphatic rings. The minimum Gasteiger partial charge on any atom is -0.459 e. The van der Waals surface area contributed by atoms with Crippen LogP contribution in [0.1, 0.15) is 74.6 Å². The van der Waals surface area contributed by atoms with Crippen LogP contribution in [-0.2, 0) is 16.0 Å². The van der Waals surface area contributed by atoms with Crippen molar-refractivity contribution in [3.63, 3.8) is 0 Å². The van der Waals surface area contributed by atoms with Gasteiger partial charge in [-0.15, -0.1) is 0 Å². The van der Waals surface area contributed by atoms with Crippen LogP contribution < -0.4 is 0 Å². The Morgan fingerprint density at radius 1 is 1.10 bits per heavy atom. The molecule has 202 valence electrons. The second-order valence-corrected chi connectivity index (χ2v) is 11.2. The van der Waals surface area contributed by atoms with Crippen molar-refractivity contribution < 1.29 is 18.7 Å². The first-order valence-corrected chi connectivity index (χ1v) is 14.5. The summed E-state index contributed by atoms with van der Waals surface area (Å²) in [4.78, 5) is 33.4. The van der Waals surface area contributed by atoms with Gasteiger partial charge in [0.2, 0.25) is 0 Å². The lowest BCUT2D eigenvalue weighted by atomic mass is 9.94. The number of carbonyl (C=O) groups excluding carboxylic acids is 2. The van der Waals surface area contributed by atoms with Crippen molar-refractivity contribution in [2.75, 3.05) is 0 Å². The third-order valence-electron chi connectivity index (χ3n) is 6.97. The van der Waals surface area contributed by atoms with Gasteiger partial charge in [-0.05, 0) is 86.8 Å². The summed E-state index contributed by atoms with van der Waals surface area (Å²) in [5.74, 6) is 0.804. The molecule has 1 amide bonds. The molecular formula is C32H34N2O4S. The number of aliphatic imine (C=N–C) groups is 1. The fraction of sp³-hybridized carbons (Fsp3) is 0.344. The molecule has 2 fully saturated rings. The Balaban J connectivity index is 1.41. The summed E-state index contributed by atoms with van der Waals surface area (Å²) >= 11 is 1.40. The lowest BCUT2D eigenvalue weighted by Gasteiger charge is -2.30. The van der Waals surface area contributed by atoms with E-state index in [1.165, 1.54) is 23.7 Å². The summed E-state index contributed by atoms with van der Waals surface area (Å²) < 4.78 is 11.4. The first-order valence-electron chi connectivity index (χ1n) is 13.7. The molecule has 2 aromatic carbocycles. The van der Waals surface area contributed by atoms with Crippen LogP contribution in [0.4, 0.5) is 5.69 Å². The van der Waals surface area contributed by atoms with Crippen molar-refractivity contribution in [1.82, 2.24) is 4.90 Å². The predicted molar refractivity (Wildman–Crippen MR) is 157 cm³/mol. The molecule has 1 aliphatic carbocycles. The fourth-order valence-corrected chi connectivity index (χ4v) is 5.98. The van der Waals surface area contributed by atoms with Crippen molar-refractivity contribution in [2.24, 2.45) is 4.99 Å². The van der Waals surface area contributed by atoms with Crippen LogP contribution >= 0.6 is 11.8 Å². The van der Waals surface area contributed by atoms with Gasteiger partial charge in [0, 0.05) is 17.7 Å². The van der Waals surface area contributed by atoms with Crippen LogP contribution in [0, 0.1) is 0 Å². The van der Waals surface area contributed by atoms with Crippen LogP contribution in [-0.4, -0.2) is 34.1 Å². The van der Waals surface area contributed by atoms with E-state index in [0.717, 1.165) is 48.5 Å². The van der Waals surface area contributed by atoms with Gasteiger partial charge >= 0.3 is 5.97 Å². The number of esters is 1. The van der Waals surface area contributed by atoms with Crippen molar-refractivity contribution in [3.05, 3.63) is 82.5 Å². The van der Waals surface area contributed by atoms with E-state index in [4.69, 9.17) is 14.1 Å². The Labute approximate surface area is 234 Å². The number of ether oxygens (including phenoxy) is 1. The predicted octanol–water partition coefficient (Wildman–Crippen LogP) is 8.01. The molecule has 0 N–H and O–H groups in total. The summed E-state index contributed by atoms with van der Waals surface area (Å²) in [7, 11) is 0. The molecule has 39 heavy (non-hydrogen) atoms. The first-order chi connectivity index (χ1) is 18.9. The molecule has 1 saturated carbocycles. The molecule has 7 heteroatoms. The highest BCUT2D eigenvalue weighted by Crippen LogP contribution is 2.39. The van der Waals surface area contributed by atoms with Crippen LogP contribution in [0.3, 0.4) is 0 Å². The van der Waals surface area contributed by atoms with Crippen LogP contribution in [0.5, 0.6) is 0 Å². The number of nitrogens with zero attached hydrogens (tertiary/aromatic N) is 2. The lowest BCUT2D eigenvalue weighted by molar-refractivity contribution is -0.124. The average molecular weight is 543 g/mol. The van der Waals surface area contributed by atoms with E-state index in [-0.39, 0.29) is 24.0 Å². The molecule has 1 aliphatic heterocycles. The third-order valence-corrected chi connectivity index (χ3v) is 7.95. The molecule has 2 heterocycles. The molecule has 5 rings (SSSR count). The Morgan fingerprint density at radius 2 is 1.87 bits per heavy atom. The Kier molecular flexibility index (Phi) is 8.36. The number of carbonyl (C=O) groups is 2. The van der Waals surface area contributed by atoms with Crippen LogP contribution in [0.25, 0.3) is 17.4 Å². The van der Waals surface area contributed by atoms with Gasteiger partial charge < -0.3 is 9.15 Å². The molecule has 0 spiro atoms. The summed E-state index contributed by atoms with van der Waals surface area (Å²) in [6, 6.07) is 19.2. The summed E-state index contributed by atoms with van der Waals surface area (Å²) in [6.45, 7) is 5.78. The first kappa shape index (κ1) is 27.0. The highest BCUT2D eigenvalue weighted by molar-refractivity contribution is 8.18. The van der Waals surface area contributed by atoms with Crippen LogP contribution in [0.2, 0.25) is 0 Å². The topological polar surface area (TPSA) is 72.1 Å². The largest absolute Gasteiger partial charge is 0.459 e. The second-order valence-electron chi connectivity index (χ2n) is 10.2.